The van der Waals surface area contributed by atoms with Crippen molar-refractivity contribution in [3.8, 4) is 17.6 Å². The topological polar surface area (TPSA) is 69.0 Å². The molecule has 0 spiro atoms. The fraction of sp³-hybridized carbons (Fsp3) is 0.435. The van der Waals surface area contributed by atoms with E-state index < -0.39 is 6.10 Å². The summed E-state index contributed by atoms with van der Waals surface area (Å²) in [5.74, 6) is 1.60. The molecule has 0 saturated carbocycles. The molecule has 0 unspecified atom stereocenters. The van der Waals surface area contributed by atoms with Gasteiger partial charge < -0.3 is 14.6 Å². The Morgan fingerprint density at radius 2 is 1.76 bits per heavy atom. The third kappa shape index (κ3) is 6.20. The first-order valence-electron chi connectivity index (χ1n) is 9.96. The summed E-state index contributed by atoms with van der Waals surface area (Å²) < 4.78 is 11.1. The molecule has 2 aromatic rings. The van der Waals surface area contributed by atoms with Crippen LogP contribution >= 0.6 is 0 Å². The molecule has 6 heteroatoms. The van der Waals surface area contributed by atoms with Crippen LogP contribution in [0.3, 0.4) is 0 Å². The van der Waals surface area contributed by atoms with Gasteiger partial charge in [0.25, 0.3) is 0 Å². The number of hydrogen-bond donors (Lipinski definition) is 1. The number of rotatable bonds is 8. The van der Waals surface area contributed by atoms with Crippen LogP contribution in [0.2, 0.25) is 0 Å². The zero-order valence-electron chi connectivity index (χ0n) is 17.2. The lowest BCUT2D eigenvalue weighted by Crippen LogP contribution is -2.48. The van der Waals surface area contributed by atoms with Crippen molar-refractivity contribution in [2.24, 2.45) is 0 Å². The number of aliphatic hydroxyl groups is 1. The van der Waals surface area contributed by atoms with Crippen molar-refractivity contribution < 1.29 is 14.6 Å². The molecular weight excluding hydrogens is 366 g/mol. The summed E-state index contributed by atoms with van der Waals surface area (Å²) in [4.78, 5) is 4.70. The van der Waals surface area contributed by atoms with Crippen molar-refractivity contribution in [2.75, 3.05) is 46.4 Å². The molecule has 29 heavy (non-hydrogen) atoms. The number of ether oxygens (including phenoxy) is 2. The van der Waals surface area contributed by atoms with Crippen LogP contribution in [-0.2, 0) is 6.54 Å². The normalized spacial score (nSPS) is 16.2. The molecule has 0 amide bonds. The predicted octanol–water partition coefficient (Wildman–Crippen LogP) is 2.43. The summed E-state index contributed by atoms with van der Waals surface area (Å²) in [6.07, 6.45) is -0.547. The molecule has 1 aliphatic heterocycles. The number of methoxy groups -OCH3 is 1. The number of aliphatic hydroxyl groups excluding tert-OH is 1. The number of nitriles is 1. The maximum Gasteiger partial charge on any atom is 0.123 e. The Bertz CT molecular complexity index is 824. The van der Waals surface area contributed by atoms with Crippen molar-refractivity contribution >= 4 is 0 Å². The van der Waals surface area contributed by atoms with E-state index in [2.05, 4.69) is 34.9 Å². The minimum absolute atomic E-state index is 0.243. The van der Waals surface area contributed by atoms with Gasteiger partial charge in [0.1, 0.15) is 24.2 Å². The second-order valence-electron chi connectivity index (χ2n) is 7.49. The third-order valence-electron chi connectivity index (χ3n) is 5.19. The van der Waals surface area contributed by atoms with Gasteiger partial charge >= 0.3 is 0 Å². The average Bonchev–Trinajstić information content (AvgIpc) is 2.74. The molecule has 1 fully saturated rings. The molecule has 1 heterocycles. The molecule has 1 saturated heterocycles. The highest BCUT2D eigenvalue weighted by molar-refractivity contribution is 5.37. The molecule has 0 aliphatic carbocycles. The van der Waals surface area contributed by atoms with Crippen molar-refractivity contribution in [2.45, 2.75) is 19.6 Å². The minimum Gasteiger partial charge on any atom is -0.496 e. The zero-order chi connectivity index (χ0) is 20.6. The number of piperazine rings is 1. The van der Waals surface area contributed by atoms with Crippen LogP contribution in [0.15, 0.2) is 42.5 Å². The molecule has 1 atom stereocenters. The molecule has 1 aliphatic rings. The van der Waals surface area contributed by atoms with E-state index in [9.17, 15) is 5.11 Å². The highest BCUT2D eigenvalue weighted by Gasteiger charge is 2.20. The summed E-state index contributed by atoms with van der Waals surface area (Å²) in [7, 11) is 1.72. The maximum atomic E-state index is 10.3. The molecule has 2 aromatic carbocycles. The third-order valence-corrected chi connectivity index (χ3v) is 5.19. The largest absolute Gasteiger partial charge is 0.496 e. The lowest BCUT2D eigenvalue weighted by molar-refractivity contribution is 0.0445. The van der Waals surface area contributed by atoms with Crippen molar-refractivity contribution in [1.29, 1.82) is 5.26 Å². The van der Waals surface area contributed by atoms with Crippen LogP contribution in [0.1, 0.15) is 16.7 Å². The fourth-order valence-corrected chi connectivity index (χ4v) is 3.57. The summed E-state index contributed by atoms with van der Waals surface area (Å²) in [6.45, 7) is 7.57. The summed E-state index contributed by atoms with van der Waals surface area (Å²) in [5.41, 5.74) is 3.06. The Labute approximate surface area is 172 Å². The van der Waals surface area contributed by atoms with Crippen molar-refractivity contribution in [1.82, 2.24) is 9.80 Å². The number of β-amino-alcohol motifs (C(OH)–C–C–N with tert-alkyl or cyclic N) is 1. The molecule has 0 radical (unpaired) electrons. The molecule has 154 valence electrons. The Morgan fingerprint density at radius 1 is 1.07 bits per heavy atom. The van der Waals surface area contributed by atoms with E-state index in [1.165, 1.54) is 11.1 Å². The van der Waals surface area contributed by atoms with Gasteiger partial charge in [0.05, 0.1) is 18.7 Å². The second-order valence-corrected chi connectivity index (χ2v) is 7.49. The van der Waals surface area contributed by atoms with Gasteiger partial charge in [0, 0.05) is 44.8 Å². The van der Waals surface area contributed by atoms with Gasteiger partial charge in [-0.15, -0.1) is 0 Å². The number of benzene rings is 2. The van der Waals surface area contributed by atoms with E-state index >= 15 is 0 Å². The first-order chi connectivity index (χ1) is 14.1. The smallest absolute Gasteiger partial charge is 0.123 e. The van der Waals surface area contributed by atoms with Gasteiger partial charge in [0.15, 0.2) is 0 Å². The highest BCUT2D eigenvalue weighted by atomic mass is 16.5. The van der Waals surface area contributed by atoms with E-state index in [1.807, 2.05) is 6.07 Å². The molecule has 0 bridgehead atoms. The zero-order valence-corrected chi connectivity index (χ0v) is 17.2. The van der Waals surface area contributed by atoms with Crippen LogP contribution in [0.4, 0.5) is 0 Å². The van der Waals surface area contributed by atoms with Gasteiger partial charge in [-0.2, -0.15) is 5.26 Å². The van der Waals surface area contributed by atoms with Gasteiger partial charge in [-0.3, -0.25) is 9.80 Å². The van der Waals surface area contributed by atoms with Crippen LogP contribution in [0.5, 0.6) is 11.5 Å². The minimum atomic E-state index is -0.547. The van der Waals surface area contributed by atoms with Crippen LogP contribution in [-0.4, -0.2) is 67.5 Å². The van der Waals surface area contributed by atoms with Gasteiger partial charge in [-0.25, -0.2) is 0 Å². The first kappa shape index (κ1) is 21.1. The SMILES string of the molecule is COc1ccc(C)cc1CN1CCN(C[C@@H](O)COc2ccc(C#N)cc2)CC1. The number of nitrogens with zero attached hydrogens (tertiary/aromatic N) is 3. The standard InChI is InChI=1S/C23H29N3O3/c1-18-3-8-23(28-2)20(13-18)15-25-9-11-26(12-10-25)16-21(27)17-29-22-6-4-19(14-24)5-7-22/h3-8,13,21,27H,9-12,15-17H2,1-2H3/t21-/m1/s1. The lowest BCUT2D eigenvalue weighted by Gasteiger charge is -2.35. The molecule has 1 N–H and O–H groups in total. The highest BCUT2D eigenvalue weighted by Crippen LogP contribution is 2.22. The van der Waals surface area contributed by atoms with E-state index in [0.717, 1.165) is 38.5 Å². The van der Waals surface area contributed by atoms with Gasteiger partial charge in [0.2, 0.25) is 0 Å². The van der Waals surface area contributed by atoms with Crippen LogP contribution in [0, 0.1) is 18.3 Å². The Balaban J connectivity index is 1.41. The fourth-order valence-electron chi connectivity index (χ4n) is 3.57. The maximum absolute atomic E-state index is 10.3. The Kier molecular flexibility index (Phi) is 7.48. The molecule has 6 nitrogen and oxygen atoms in total. The van der Waals surface area contributed by atoms with Crippen LogP contribution < -0.4 is 9.47 Å². The van der Waals surface area contributed by atoms with Gasteiger partial charge in [-0.05, 0) is 37.3 Å². The molecule has 3 rings (SSSR count). The van der Waals surface area contributed by atoms with E-state index in [1.54, 1.807) is 31.4 Å². The van der Waals surface area contributed by atoms with E-state index in [-0.39, 0.29) is 6.61 Å². The molecule has 0 aromatic heterocycles. The van der Waals surface area contributed by atoms with Crippen molar-refractivity contribution in [3.05, 3.63) is 59.2 Å². The number of aryl methyl sites for hydroxylation is 1. The average molecular weight is 396 g/mol. The monoisotopic (exact) mass is 395 g/mol. The van der Waals surface area contributed by atoms with E-state index in [4.69, 9.17) is 14.7 Å². The quantitative estimate of drug-likeness (QED) is 0.740. The van der Waals surface area contributed by atoms with Crippen molar-refractivity contribution in [3.63, 3.8) is 0 Å². The van der Waals surface area contributed by atoms with E-state index in [0.29, 0.717) is 17.9 Å². The Hall–Kier alpha value is -2.59. The summed E-state index contributed by atoms with van der Waals surface area (Å²) in [6, 6.07) is 15.3. The number of hydrogen-bond acceptors (Lipinski definition) is 6. The second kappa shape index (κ2) is 10.3. The Morgan fingerprint density at radius 3 is 2.41 bits per heavy atom. The first-order valence-corrected chi connectivity index (χ1v) is 9.96. The van der Waals surface area contributed by atoms with Gasteiger partial charge in [-0.1, -0.05) is 17.7 Å². The van der Waals surface area contributed by atoms with Crippen LogP contribution in [0.25, 0.3) is 0 Å². The summed E-state index contributed by atoms with van der Waals surface area (Å²) in [5, 5.41) is 19.1. The lowest BCUT2D eigenvalue weighted by atomic mass is 10.1. The predicted molar refractivity (Wildman–Crippen MR) is 112 cm³/mol. The molecular formula is C23H29N3O3. The summed E-state index contributed by atoms with van der Waals surface area (Å²) >= 11 is 0.